The number of carbonyl (C=O) groups excluding carboxylic acids is 1. The van der Waals surface area contributed by atoms with Crippen molar-refractivity contribution in [2.75, 3.05) is 19.5 Å². The first-order valence-electron chi connectivity index (χ1n) is 3.80. The van der Waals surface area contributed by atoms with Gasteiger partial charge in [-0.2, -0.15) is 0 Å². The molecule has 0 aliphatic rings. The summed E-state index contributed by atoms with van der Waals surface area (Å²) in [5, 5.41) is 1.69. The molecule has 0 saturated carbocycles. The fraction of sp³-hybridized carbons (Fsp3) is 0.250. The highest BCUT2D eigenvalue weighted by atomic mass is 16.1. The molecule has 1 aromatic heterocycles. The van der Waals surface area contributed by atoms with E-state index < -0.39 is 5.91 Å². The lowest BCUT2D eigenvalue weighted by Crippen LogP contribution is -2.23. The Bertz CT molecular complexity index is 311. The number of hydrogen-bond donors (Lipinski definition) is 2. The van der Waals surface area contributed by atoms with Gasteiger partial charge in [-0.15, -0.1) is 0 Å². The van der Waals surface area contributed by atoms with Gasteiger partial charge in [0.2, 0.25) is 0 Å². The van der Waals surface area contributed by atoms with E-state index in [1.165, 1.54) is 0 Å². The molecule has 0 aromatic carbocycles. The molecule has 0 bridgehead atoms. The minimum Gasteiger partial charge on any atom is -0.365 e. The molecule has 70 valence electrons. The van der Waals surface area contributed by atoms with Gasteiger partial charge in [-0.3, -0.25) is 4.79 Å². The number of anilines is 1. The molecule has 0 atom stereocenters. The third kappa shape index (κ3) is 2.41. The van der Waals surface area contributed by atoms with Crippen molar-refractivity contribution in [3.05, 3.63) is 23.9 Å². The van der Waals surface area contributed by atoms with Crippen LogP contribution in [0.3, 0.4) is 0 Å². The van der Waals surface area contributed by atoms with Crippen molar-refractivity contribution in [1.29, 1.82) is 0 Å². The Hall–Kier alpha value is -1.62. The molecule has 0 fully saturated rings. The molecular formula is C8H12N4O. The van der Waals surface area contributed by atoms with E-state index in [1.807, 2.05) is 0 Å². The average molecular weight is 180 g/mol. The zero-order chi connectivity index (χ0) is 9.84. The Labute approximate surface area is 76.5 Å². The molecule has 0 radical (unpaired) electrons. The molecule has 5 nitrogen and oxygen atoms in total. The Morgan fingerprint density at radius 1 is 1.62 bits per heavy atom. The Balaban J connectivity index is 2.98. The topological polar surface area (TPSA) is 71.2 Å². The number of nitrogens with one attached hydrogen (secondary N) is 1. The highest BCUT2D eigenvalue weighted by molar-refractivity contribution is 5.97. The molecule has 0 unspecified atom stereocenters. The average Bonchev–Trinajstić information content (AvgIpc) is 2.03. The molecular weight excluding hydrogens is 168 g/mol. The molecule has 1 amide bonds. The van der Waals surface area contributed by atoms with Gasteiger partial charge in [-0.1, -0.05) is 0 Å². The minimum absolute atomic E-state index is 0.385. The van der Waals surface area contributed by atoms with E-state index >= 15 is 0 Å². The van der Waals surface area contributed by atoms with E-state index in [9.17, 15) is 4.79 Å². The summed E-state index contributed by atoms with van der Waals surface area (Å²) in [6.45, 7) is 0. The van der Waals surface area contributed by atoms with E-state index in [1.54, 1.807) is 37.4 Å². The van der Waals surface area contributed by atoms with Crippen LogP contribution in [0.25, 0.3) is 0 Å². The van der Waals surface area contributed by atoms with Gasteiger partial charge in [0, 0.05) is 20.3 Å². The van der Waals surface area contributed by atoms with Crippen LogP contribution in [-0.4, -0.2) is 30.0 Å². The van der Waals surface area contributed by atoms with Gasteiger partial charge in [0.15, 0.2) is 5.82 Å². The number of hydrogen-bond acceptors (Lipinski definition) is 4. The molecule has 0 saturated heterocycles. The van der Waals surface area contributed by atoms with Gasteiger partial charge in [0.1, 0.15) is 0 Å². The third-order valence-corrected chi connectivity index (χ3v) is 1.40. The van der Waals surface area contributed by atoms with Crippen LogP contribution in [0.1, 0.15) is 10.4 Å². The summed E-state index contributed by atoms with van der Waals surface area (Å²) in [4.78, 5) is 14.9. The number of nitrogens with two attached hydrogens (primary N) is 1. The van der Waals surface area contributed by atoms with Gasteiger partial charge in [0.25, 0.3) is 5.91 Å². The number of amides is 1. The van der Waals surface area contributed by atoms with Crippen LogP contribution in [-0.2, 0) is 0 Å². The van der Waals surface area contributed by atoms with Crippen molar-refractivity contribution < 1.29 is 4.79 Å². The van der Waals surface area contributed by atoms with E-state index in [0.717, 1.165) is 0 Å². The van der Waals surface area contributed by atoms with E-state index in [4.69, 9.17) is 5.73 Å². The van der Waals surface area contributed by atoms with Crippen LogP contribution in [0.5, 0.6) is 0 Å². The normalized spacial score (nSPS) is 10.1. The van der Waals surface area contributed by atoms with Crippen molar-refractivity contribution in [2.45, 2.75) is 0 Å². The largest absolute Gasteiger partial charge is 0.365 e. The van der Waals surface area contributed by atoms with Crippen LogP contribution >= 0.6 is 0 Å². The van der Waals surface area contributed by atoms with Crippen molar-refractivity contribution >= 4 is 11.7 Å². The van der Waals surface area contributed by atoms with E-state index in [0.29, 0.717) is 11.4 Å². The lowest BCUT2D eigenvalue weighted by Gasteiger charge is -2.13. The number of pyridine rings is 1. The summed E-state index contributed by atoms with van der Waals surface area (Å²) >= 11 is 0. The molecule has 0 aliphatic heterocycles. The first kappa shape index (κ1) is 9.47. The SMILES string of the molecule is CN(C)Nc1ncccc1C(N)=O. The standard InChI is InChI=1S/C8H12N4O/c1-12(2)11-8-6(7(9)13)4-3-5-10-8/h3-5H,1-2H3,(H2,9,13)(H,10,11). The molecule has 3 N–H and O–H groups in total. The third-order valence-electron chi connectivity index (χ3n) is 1.40. The van der Waals surface area contributed by atoms with Crippen molar-refractivity contribution in [1.82, 2.24) is 9.99 Å². The van der Waals surface area contributed by atoms with Gasteiger partial charge < -0.3 is 11.2 Å². The number of carbonyl (C=O) groups is 1. The predicted octanol–water partition coefficient (Wildman–Crippen LogP) is 0.0690. The summed E-state index contributed by atoms with van der Waals surface area (Å²) in [7, 11) is 3.61. The summed E-state index contributed by atoms with van der Waals surface area (Å²) in [5.74, 6) is -0.0162. The number of primary amides is 1. The lowest BCUT2D eigenvalue weighted by atomic mass is 10.2. The second-order valence-corrected chi connectivity index (χ2v) is 2.77. The highest BCUT2D eigenvalue weighted by Crippen LogP contribution is 2.09. The maximum Gasteiger partial charge on any atom is 0.252 e. The van der Waals surface area contributed by atoms with E-state index in [2.05, 4.69) is 10.4 Å². The highest BCUT2D eigenvalue weighted by Gasteiger charge is 2.07. The van der Waals surface area contributed by atoms with Crippen LogP contribution < -0.4 is 11.2 Å². The van der Waals surface area contributed by atoms with Gasteiger partial charge >= 0.3 is 0 Å². The summed E-state index contributed by atoms with van der Waals surface area (Å²) in [6.07, 6.45) is 1.60. The molecule has 0 aliphatic carbocycles. The van der Waals surface area contributed by atoms with Crippen molar-refractivity contribution in [2.24, 2.45) is 5.73 Å². The molecule has 1 rings (SSSR count). The molecule has 1 aromatic rings. The Kier molecular flexibility index (Phi) is 2.81. The summed E-state index contributed by atoms with van der Waals surface area (Å²) in [6, 6.07) is 3.29. The Morgan fingerprint density at radius 3 is 2.85 bits per heavy atom. The lowest BCUT2D eigenvalue weighted by molar-refractivity contribution is 0.100. The van der Waals surface area contributed by atoms with E-state index in [-0.39, 0.29) is 0 Å². The zero-order valence-corrected chi connectivity index (χ0v) is 7.61. The number of nitrogens with zero attached hydrogens (tertiary/aromatic N) is 2. The zero-order valence-electron chi connectivity index (χ0n) is 7.61. The molecule has 13 heavy (non-hydrogen) atoms. The second kappa shape index (κ2) is 3.86. The Morgan fingerprint density at radius 2 is 2.31 bits per heavy atom. The smallest absolute Gasteiger partial charge is 0.252 e. The van der Waals surface area contributed by atoms with Crippen LogP contribution in [0, 0.1) is 0 Å². The van der Waals surface area contributed by atoms with Gasteiger partial charge in [-0.05, 0) is 12.1 Å². The molecule has 5 heteroatoms. The maximum absolute atomic E-state index is 10.9. The predicted molar refractivity (Wildman–Crippen MR) is 50.1 cm³/mol. The number of aromatic nitrogens is 1. The monoisotopic (exact) mass is 180 g/mol. The first-order valence-corrected chi connectivity index (χ1v) is 3.80. The minimum atomic E-state index is -0.488. The number of rotatable bonds is 3. The van der Waals surface area contributed by atoms with Crippen LogP contribution in [0.4, 0.5) is 5.82 Å². The van der Waals surface area contributed by atoms with Crippen LogP contribution in [0.15, 0.2) is 18.3 Å². The van der Waals surface area contributed by atoms with Gasteiger partial charge in [-0.25, -0.2) is 9.99 Å². The first-order chi connectivity index (χ1) is 6.11. The quantitative estimate of drug-likeness (QED) is 0.646. The fourth-order valence-electron chi connectivity index (χ4n) is 0.905. The van der Waals surface area contributed by atoms with Crippen molar-refractivity contribution in [3.63, 3.8) is 0 Å². The van der Waals surface area contributed by atoms with Crippen LogP contribution in [0.2, 0.25) is 0 Å². The fourth-order valence-corrected chi connectivity index (χ4v) is 0.905. The van der Waals surface area contributed by atoms with Gasteiger partial charge in [0.05, 0.1) is 5.56 Å². The second-order valence-electron chi connectivity index (χ2n) is 2.77. The number of hydrazine groups is 1. The van der Waals surface area contributed by atoms with Crippen molar-refractivity contribution in [3.8, 4) is 0 Å². The summed E-state index contributed by atoms with van der Waals surface area (Å²) < 4.78 is 0. The summed E-state index contributed by atoms with van der Waals surface area (Å²) in [5.41, 5.74) is 8.41. The maximum atomic E-state index is 10.9. The molecule has 0 spiro atoms. The molecule has 1 heterocycles.